The van der Waals surface area contributed by atoms with Gasteiger partial charge in [-0.15, -0.1) is 0 Å². The minimum absolute atomic E-state index is 0.0784. The molecule has 2 aromatic rings. The first-order valence-corrected chi connectivity index (χ1v) is 10.3. The Morgan fingerprint density at radius 3 is 3.07 bits per heavy atom. The number of hydrogen-bond donors (Lipinski definition) is 1. The SMILES string of the molecule is O=C(NC[C@H]1[C@H]2CN(c3cc(C4CC4)ncn3)C[C@]23CC[C@H]1O3)c1ccoc1. The molecule has 146 valence electrons. The van der Waals surface area contributed by atoms with Gasteiger partial charge in [0.1, 0.15) is 18.4 Å². The number of amides is 1. The van der Waals surface area contributed by atoms with Crippen LogP contribution in [0.3, 0.4) is 0 Å². The maximum atomic E-state index is 12.3. The van der Waals surface area contributed by atoms with Crippen LogP contribution in [0.15, 0.2) is 35.4 Å². The predicted molar refractivity (Wildman–Crippen MR) is 101 cm³/mol. The van der Waals surface area contributed by atoms with Gasteiger partial charge in [-0.05, 0) is 31.7 Å². The zero-order chi connectivity index (χ0) is 18.7. The number of fused-ring (bicyclic) bond motifs is 1. The van der Waals surface area contributed by atoms with Crippen LogP contribution in [0.25, 0.3) is 0 Å². The van der Waals surface area contributed by atoms with E-state index in [1.807, 2.05) is 0 Å². The number of anilines is 1. The number of hydrogen-bond acceptors (Lipinski definition) is 6. The van der Waals surface area contributed by atoms with Crippen molar-refractivity contribution in [2.24, 2.45) is 11.8 Å². The van der Waals surface area contributed by atoms with Crippen LogP contribution in [0.5, 0.6) is 0 Å². The van der Waals surface area contributed by atoms with Crippen molar-refractivity contribution in [2.45, 2.75) is 43.3 Å². The van der Waals surface area contributed by atoms with E-state index in [1.165, 1.54) is 31.1 Å². The van der Waals surface area contributed by atoms with Gasteiger partial charge in [-0.3, -0.25) is 4.79 Å². The molecule has 4 aliphatic rings. The van der Waals surface area contributed by atoms with Gasteiger partial charge in [-0.25, -0.2) is 9.97 Å². The molecule has 6 rings (SSSR count). The number of nitrogens with one attached hydrogen (secondary N) is 1. The molecule has 3 aliphatic heterocycles. The second-order valence-corrected chi connectivity index (χ2v) is 8.71. The summed E-state index contributed by atoms with van der Waals surface area (Å²) in [6.07, 6.45) is 9.63. The molecule has 0 unspecified atom stereocenters. The van der Waals surface area contributed by atoms with E-state index in [2.05, 4.69) is 26.3 Å². The molecule has 5 heterocycles. The number of carbonyl (C=O) groups excluding carboxylic acids is 1. The summed E-state index contributed by atoms with van der Waals surface area (Å²) < 4.78 is 11.5. The predicted octanol–water partition coefficient (Wildman–Crippen LogP) is 2.36. The van der Waals surface area contributed by atoms with Crippen molar-refractivity contribution in [1.82, 2.24) is 15.3 Å². The lowest BCUT2D eigenvalue weighted by atomic mass is 9.73. The molecule has 1 amide bonds. The quantitative estimate of drug-likeness (QED) is 0.858. The molecule has 0 aromatic carbocycles. The summed E-state index contributed by atoms with van der Waals surface area (Å²) in [7, 11) is 0. The molecule has 2 aromatic heterocycles. The summed E-state index contributed by atoms with van der Waals surface area (Å²) in [6, 6.07) is 3.86. The Kier molecular flexibility index (Phi) is 3.57. The van der Waals surface area contributed by atoms with Crippen molar-refractivity contribution in [2.75, 3.05) is 24.5 Å². The fraction of sp³-hybridized carbons (Fsp3) is 0.571. The normalized spacial score (nSPS) is 33.3. The Labute approximate surface area is 163 Å². The lowest BCUT2D eigenvalue weighted by Gasteiger charge is -2.29. The average Bonchev–Trinajstić information content (AvgIpc) is 3.09. The molecule has 0 radical (unpaired) electrons. The van der Waals surface area contributed by atoms with Gasteiger partial charge in [0.25, 0.3) is 5.91 Å². The maximum absolute atomic E-state index is 12.3. The van der Waals surface area contributed by atoms with Gasteiger partial charge in [0.2, 0.25) is 0 Å². The third kappa shape index (κ3) is 2.56. The monoisotopic (exact) mass is 380 g/mol. The Morgan fingerprint density at radius 2 is 2.25 bits per heavy atom. The van der Waals surface area contributed by atoms with Crippen LogP contribution in [0.1, 0.15) is 47.7 Å². The van der Waals surface area contributed by atoms with E-state index in [9.17, 15) is 4.79 Å². The molecular formula is C21H24N4O3. The Morgan fingerprint density at radius 1 is 1.32 bits per heavy atom. The lowest BCUT2D eigenvalue weighted by molar-refractivity contribution is 0.0141. The standard InChI is InChI=1S/C21H24N4O3/c26-20(14-4-6-27-10-14)22-8-15-16-9-25(11-21(16)5-3-18(15)28-21)19-7-17(13-1-2-13)23-12-24-19/h4,6-7,10,12-13,15-16,18H,1-3,5,8-9,11H2,(H,22,26)/t15-,16+,18+,21+/m0/s1. The van der Waals surface area contributed by atoms with E-state index in [1.54, 1.807) is 12.4 Å². The van der Waals surface area contributed by atoms with Crippen molar-refractivity contribution in [3.8, 4) is 0 Å². The summed E-state index contributed by atoms with van der Waals surface area (Å²) >= 11 is 0. The molecule has 4 atom stereocenters. The largest absolute Gasteiger partial charge is 0.472 e. The smallest absolute Gasteiger partial charge is 0.254 e. The summed E-state index contributed by atoms with van der Waals surface area (Å²) in [5.74, 6) is 2.34. The van der Waals surface area contributed by atoms with Gasteiger partial charge >= 0.3 is 0 Å². The zero-order valence-electron chi connectivity index (χ0n) is 15.7. The number of aromatic nitrogens is 2. The highest BCUT2D eigenvalue weighted by Crippen LogP contribution is 2.55. The number of nitrogens with zero attached hydrogens (tertiary/aromatic N) is 3. The fourth-order valence-corrected chi connectivity index (χ4v) is 5.48. The second kappa shape index (κ2) is 6.04. The van der Waals surface area contributed by atoms with Crippen LogP contribution in [0.2, 0.25) is 0 Å². The van der Waals surface area contributed by atoms with Gasteiger partial charge in [0, 0.05) is 49.1 Å². The molecule has 3 saturated heterocycles. The minimum Gasteiger partial charge on any atom is -0.472 e. The average molecular weight is 380 g/mol. The van der Waals surface area contributed by atoms with Crippen molar-refractivity contribution in [3.05, 3.63) is 42.2 Å². The van der Waals surface area contributed by atoms with Crippen molar-refractivity contribution >= 4 is 11.7 Å². The maximum Gasteiger partial charge on any atom is 0.254 e. The van der Waals surface area contributed by atoms with E-state index in [0.717, 1.165) is 31.7 Å². The fourth-order valence-electron chi connectivity index (χ4n) is 5.48. The molecule has 1 aliphatic carbocycles. The number of carbonyl (C=O) groups is 1. The Balaban J connectivity index is 1.18. The van der Waals surface area contributed by atoms with E-state index in [-0.39, 0.29) is 17.6 Å². The van der Waals surface area contributed by atoms with Crippen LogP contribution >= 0.6 is 0 Å². The van der Waals surface area contributed by atoms with E-state index < -0.39 is 0 Å². The molecule has 4 fully saturated rings. The molecule has 7 nitrogen and oxygen atoms in total. The minimum atomic E-state index is -0.0829. The molecule has 1 N–H and O–H groups in total. The van der Waals surface area contributed by atoms with Crippen LogP contribution in [0.4, 0.5) is 5.82 Å². The first kappa shape index (κ1) is 16.5. The molecule has 2 bridgehead atoms. The molecule has 1 spiro atoms. The van der Waals surface area contributed by atoms with Crippen LogP contribution in [-0.4, -0.2) is 47.2 Å². The first-order chi connectivity index (χ1) is 13.7. The third-order valence-corrected chi connectivity index (χ3v) is 7.06. The van der Waals surface area contributed by atoms with Gasteiger partial charge in [0.15, 0.2) is 0 Å². The number of rotatable bonds is 5. The Hall–Kier alpha value is -2.41. The number of ether oxygens (including phenoxy) is 1. The Bertz CT molecular complexity index is 897. The number of furan rings is 1. The summed E-state index contributed by atoms with van der Waals surface area (Å²) in [5.41, 5.74) is 1.66. The van der Waals surface area contributed by atoms with Gasteiger partial charge in [-0.2, -0.15) is 0 Å². The summed E-state index contributed by atoms with van der Waals surface area (Å²) in [4.78, 5) is 23.7. The van der Waals surface area contributed by atoms with Crippen LogP contribution < -0.4 is 10.2 Å². The first-order valence-electron chi connectivity index (χ1n) is 10.3. The van der Waals surface area contributed by atoms with Gasteiger partial charge in [0.05, 0.1) is 23.5 Å². The molecule has 28 heavy (non-hydrogen) atoms. The van der Waals surface area contributed by atoms with Crippen molar-refractivity contribution in [3.63, 3.8) is 0 Å². The highest BCUT2D eigenvalue weighted by atomic mass is 16.5. The van der Waals surface area contributed by atoms with E-state index in [0.29, 0.717) is 29.9 Å². The molecule has 7 heteroatoms. The third-order valence-electron chi connectivity index (χ3n) is 7.06. The van der Waals surface area contributed by atoms with E-state index in [4.69, 9.17) is 9.15 Å². The molecular weight excluding hydrogens is 356 g/mol. The second-order valence-electron chi connectivity index (χ2n) is 8.71. The lowest BCUT2D eigenvalue weighted by Crippen LogP contribution is -2.41. The van der Waals surface area contributed by atoms with Crippen LogP contribution in [-0.2, 0) is 4.74 Å². The zero-order valence-corrected chi connectivity index (χ0v) is 15.7. The highest BCUT2D eigenvalue weighted by molar-refractivity contribution is 5.93. The van der Waals surface area contributed by atoms with Gasteiger partial charge < -0.3 is 19.4 Å². The summed E-state index contributed by atoms with van der Waals surface area (Å²) in [5, 5.41) is 3.08. The van der Waals surface area contributed by atoms with Crippen LogP contribution in [0, 0.1) is 11.8 Å². The van der Waals surface area contributed by atoms with Crippen molar-refractivity contribution in [1.29, 1.82) is 0 Å². The topological polar surface area (TPSA) is 80.5 Å². The highest BCUT2D eigenvalue weighted by Gasteiger charge is 2.63. The molecule has 1 saturated carbocycles. The summed E-state index contributed by atoms with van der Waals surface area (Å²) in [6.45, 7) is 2.47. The van der Waals surface area contributed by atoms with E-state index >= 15 is 0 Å². The van der Waals surface area contributed by atoms with Gasteiger partial charge in [-0.1, -0.05) is 0 Å². The van der Waals surface area contributed by atoms with Crippen molar-refractivity contribution < 1.29 is 13.9 Å².